The zero-order valence-electron chi connectivity index (χ0n) is 9.17. The fraction of sp³-hybridized carbons (Fsp3) is 0.417. The van der Waals surface area contributed by atoms with Crippen LogP contribution in [0.4, 0.5) is 0 Å². The summed E-state index contributed by atoms with van der Waals surface area (Å²) in [5.41, 5.74) is 0.258. The van der Waals surface area contributed by atoms with Crippen molar-refractivity contribution < 1.29 is 9.90 Å². The Kier molecular flexibility index (Phi) is 3.61. The Labute approximate surface area is 110 Å². The molecule has 0 aromatic heterocycles. The second-order valence-corrected chi connectivity index (χ2v) is 5.31. The number of carbonyl (C=O) groups excluding carboxylic acids is 1. The Morgan fingerprint density at radius 1 is 1.41 bits per heavy atom. The number of halogens is 2. The van der Waals surface area contributed by atoms with E-state index in [0.29, 0.717) is 22.2 Å². The molecule has 17 heavy (non-hydrogen) atoms. The second kappa shape index (κ2) is 4.84. The number of hydrogen-bond acceptors (Lipinski definition) is 2. The summed E-state index contributed by atoms with van der Waals surface area (Å²) >= 11 is 11.7. The Morgan fingerprint density at radius 3 is 2.71 bits per heavy atom. The highest BCUT2D eigenvalue weighted by Crippen LogP contribution is 2.44. The monoisotopic (exact) mass is 273 g/mol. The first kappa shape index (κ1) is 12.7. The molecule has 0 aliphatic heterocycles. The van der Waals surface area contributed by atoms with E-state index < -0.39 is 0 Å². The fourth-order valence-corrected chi connectivity index (χ4v) is 1.98. The van der Waals surface area contributed by atoms with E-state index in [9.17, 15) is 4.79 Å². The highest BCUT2D eigenvalue weighted by atomic mass is 35.5. The molecular weight excluding hydrogens is 261 g/mol. The summed E-state index contributed by atoms with van der Waals surface area (Å²) in [7, 11) is 0. The normalized spacial score (nSPS) is 16.6. The number of rotatable bonds is 4. The lowest BCUT2D eigenvalue weighted by atomic mass is 10.1. The number of hydrogen-bond donors (Lipinski definition) is 2. The van der Waals surface area contributed by atoms with Gasteiger partial charge < -0.3 is 10.4 Å². The molecule has 1 aliphatic rings. The summed E-state index contributed by atoms with van der Waals surface area (Å²) in [6.07, 6.45) is 1.90. The summed E-state index contributed by atoms with van der Waals surface area (Å²) in [6, 6.07) is 4.77. The third kappa shape index (κ3) is 2.92. The van der Waals surface area contributed by atoms with Crippen molar-refractivity contribution >= 4 is 29.1 Å². The highest BCUT2D eigenvalue weighted by Gasteiger charge is 2.42. The van der Waals surface area contributed by atoms with Crippen LogP contribution in [0.15, 0.2) is 18.2 Å². The minimum Gasteiger partial charge on any atom is -0.396 e. The molecular formula is C12H13Cl2NO2. The number of benzene rings is 1. The Balaban J connectivity index is 2.02. The van der Waals surface area contributed by atoms with Crippen LogP contribution in [-0.4, -0.2) is 24.2 Å². The SMILES string of the molecule is O=C(NCC1(CO)CC1)c1cc(Cl)ccc1Cl. The average molecular weight is 274 g/mol. The van der Waals surface area contributed by atoms with Gasteiger partial charge in [-0.3, -0.25) is 4.79 Å². The maximum absolute atomic E-state index is 11.9. The molecule has 1 saturated carbocycles. The standard InChI is InChI=1S/C12H13Cl2NO2/c13-8-1-2-10(14)9(5-8)11(17)15-6-12(7-16)3-4-12/h1-2,5,16H,3-4,6-7H2,(H,15,17). The van der Waals surface area contributed by atoms with Crippen LogP contribution in [0.2, 0.25) is 10.0 Å². The van der Waals surface area contributed by atoms with Crippen LogP contribution in [0, 0.1) is 5.41 Å². The van der Waals surface area contributed by atoms with Gasteiger partial charge in [0.2, 0.25) is 0 Å². The summed E-state index contributed by atoms with van der Waals surface area (Å²) in [6.45, 7) is 0.585. The zero-order valence-corrected chi connectivity index (χ0v) is 10.7. The van der Waals surface area contributed by atoms with E-state index >= 15 is 0 Å². The van der Waals surface area contributed by atoms with Crippen LogP contribution < -0.4 is 5.32 Å². The summed E-state index contributed by atoms with van der Waals surface area (Å²) in [5.74, 6) is -0.253. The quantitative estimate of drug-likeness (QED) is 0.886. The van der Waals surface area contributed by atoms with Crippen LogP contribution in [-0.2, 0) is 0 Å². The number of aliphatic hydroxyl groups excluding tert-OH is 1. The number of nitrogens with one attached hydrogen (secondary N) is 1. The van der Waals surface area contributed by atoms with Gasteiger partial charge in [-0.2, -0.15) is 0 Å². The van der Waals surface area contributed by atoms with E-state index in [1.807, 2.05) is 0 Å². The van der Waals surface area contributed by atoms with Crippen molar-refractivity contribution in [1.82, 2.24) is 5.32 Å². The van der Waals surface area contributed by atoms with Crippen LogP contribution in [0.1, 0.15) is 23.2 Å². The first-order valence-electron chi connectivity index (χ1n) is 5.40. The molecule has 0 saturated heterocycles. The Hall–Kier alpha value is -0.770. The molecule has 5 heteroatoms. The predicted octanol–water partition coefficient (Wildman–Crippen LogP) is 2.50. The van der Waals surface area contributed by atoms with Gasteiger partial charge in [0, 0.05) is 17.0 Å². The van der Waals surface area contributed by atoms with Gasteiger partial charge in [0.1, 0.15) is 0 Å². The molecule has 0 atom stereocenters. The number of amides is 1. The molecule has 0 bridgehead atoms. The van der Waals surface area contributed by atoms with E-state index in [1.165, 1.54) is 6.07 Å². The average Bonchev–Trinajstić information content (AvgIpc) is 3.10. The van der Waals surface area contributed by atoms with Crippen molar-refractivity contribution in [2.75, 3.05) is 13.2 Å². The van der Waals surface area contributed by atoms with Crippen molar-refractivity contribution in [3.63, 3.8) is 0 Å². The lowest BCUT2D eigenvalue weighted by Crippen LogP contribution is -2.32. The summed E-state index contributed by atoms with van der Waals surface area (Å²) in [5, 5.41) is 12.8. The van der Waals surface area contributed by atoms with E-state index in [-0.39, 0.29) is 17.9 Å². The fourth-order valence-electron chi connectivity index (χ4n) is 1.60. The zero-order chi connectivity index (χ0) is 12.5. The lowest BCUT2D eigenvalue weighted by molar-refractivity contribution is 0.0935. The van der Waals surface area contributed by atoms with Crippen molar-refractivity contribution in [2.45, 2.75) is 12.8 Å². The van der Waals surface area contributed by atoms with E-state index in [2.05, 4.69) is 5.32 Å². The Morgan fingerprint density at radius 2 is 2.12 bits per heavy atom. The largest absolute Gasteiger partial charge is 0.396 e. The lowest BCUT2D eigenvalue weighted by Gasteiger charge is -2.13. The van der Waals surface area contributed by atoms with Gasteiger partial charge in [-0.05, 0) is 31.0 Å². The van der Waals surface area contributed by atoms with Gasteiger partial charge in [-0.25, -0.2) is 0 Å². The van der Waals surface area contributed by atoms with Crippen LogP contribution >= 0.6 is 23.2 Å². The van der Waals surface area contributed by atoms with E-state index in [1.54, 1.807) is 12.1 Å². The molecule has 1 fully saturated rings. The molecule has 3 nitrogen and oxygen atoms in total. The molecule has 0 radical (unpaired) electrons. The second-order valence-electron chi connectivity index (χ2n) is 4.46. The third-order valence-electron chi connectivity index (χ3n) is 3.09. The minimum absolute atomic E-state index is 0.108. The van der Waals surface area contributed by atoms with Gasteiger partial charge in [-0.1, -0.05) is 23.2 Å². The van der Waals surface area contributed by atoms with Crippen molar-refractivity contribution in [2.24, 2.45) is 5.41 Å². The Bertz CT molecular complexity index is 444. The molecule has 2 rings (SSSR count). The smallest absolute Gasteiger partial charge is 0.252 e. The predicted molar refractivity (Wildman–Crippen MR) is 67.5 cm³/mol. The van der Waals surface area contributed by atoms with Gasteiger partial charge in [0.05, 0.1) is 17.2 Å². The van der Waals surface area contributed by atoms with Crippen molar-refractivity contribution in [1.29, 1.82) is 0 Å². The summed E-state index contributed by atoms with van der Waals surface area (Å²) in [4.78, 5) is 11.9. The molecule has 0 unspecified atom stereocenters. The topological polar surface area (TPSA) is 49.3 Å². The molecule has 0 spiro atoms. The van der Waals surface area contributed by atoms with E-state index in [4.69, 9.17) is 28.3 Å². The maximum atomic E-state index is 11.9. The summed E-state index contributed by atoms with van der Waals surface area (Å²) < 4.78 is 0. The number of aliphatic hydroxyl groups is 1. The molecule has 1 aromatic rings. The van der Waals surface area contributed by atoms with Crippen LogP contribution in [0.3, 0.4) is 0 Å². The first-order valence-corrected chi connectivity index (χ1v) is 6.16. The highest BCUT2D eigenvalue weighted by molar-refractivity contribution is 6.35. The van der Waals surface area contributed by atoms with Gasteiger partial charge in [0.25, 0.3) is 5.91 Å². The maximum Gasteiger partial charge on any atom is 0.252 e. The van der Waals surface area contributed by atoms with Crippen molar-refractivity contribution in [3.05, 3.63) is 33.8 Å². The van der Waals surface area contributed by atoms with Gasteiger partial charge >= 0.3 is 0 Å². The van der Waals surface area contributed by atoms with Gasteiger partial charge in [-0.15, -0.1) is 0 Å². The van der Waals surface area contributed by atoms with Crippen molar-refractivity contribution in [3.8, 4) is 0 Å². The van der Waals surface area contributed by atoms with E-state index in [0.717, 1.165) is 12.8 Å². The molecule has 1 amide bonds. The molecule has 0 heterocycles. The molecule has 2 N–H and O–H groups in total. The van der Waals surface area contributed by atoms with Crippen LogP contribution in [0.5, 0.6) is 0 Å². The first-order chi connectivity index (χ1) is 8.06. The molecule has 92 valence electrons. The molecule has 1 aliphatic carbocycles. The minimum atomic E-state index is -0.253. The number of carbonyl (C=O) groups is 1. The van der Waals surface area contributed by atoms with Gasteiger partial charge in [0.15, 0.2) is 0 Å². The van der Waals surface area contributed by atoms with Crippen LogP contribution in [0.25, 0.3) is 0 Å². The molecule has 1 aromatic carbocycles. The third-order valence-corrected chi connectivity index (χ3v) is 3.65.